The van der Waals surface area contributed by atoms with Gasteiger partial charge in [-0.25, -0.2) is 0 Å². The van der Waals surface area contributed by atoms with Gasteiger partial charge in [0.05, 0.1) is 6.54 Å². The number of carbonyl (C=O) groups excluding carboxylic acids is 1. The number of nitrogens with one attached hydrogen (secondary N) is 1. The fraction of sp³-hybridized carbons (Fsp3) is 0.389. The minimum atomic E-state index is -2.82. The number of thiophene rings is 1. The molecule has 1 amide bonds. The van der Waals surface area contributed by atoms with Gasteiger partial charge in [0.2, 0.25) is 5.91 Å². The summed E-state index contributed by atoms with van der Waals surface area (Å²) in [4.78, 5) is 15.4. The van der Waals surface area contributed by atoms with Gasteiger partial charge in [-0.2, -0.15) is 8.78 Å². The predicted molar refractivity (Wildman–Crippen MR) is 95.1 cm³/mol. The van der Waals surface area contributed by atoms with E-state index in [9.17, 15) is 13.6 Å². The van der Waals surface area contributed by atoms with Crippen molar-refractivity contribution >= 4 is 17.2 Å². The SMILES string of the molecule is CCN(CC(=O)NCCc1ccc(OC(F)F)cc1)Cc1cccs1. The fourth-order valence-corrected chi connectivity index (χ4v) is 3.09. The number of likely N-dealkylation sites (N-methyl/N-ethyl adjacent to an activating group) is 1. The monoisotopic (exact) mass is 368 g/mol. The molecule has 136 valence electrons. The lowest BCUT2D eigenvalue weighted by atomic mass is 10.1. The number of benzene rings is 1. The van der Waals surface area contributed by atoms with Crippen molar-refractivity contribution in [3.63, 3.8) is 0 Å². The summed E-state index contributed by atoms with van der Waals surface area (Å²) in [5, 5.41) is 4.92. The summed E-state index contributed by atoms with van der Waals surface area (Å²) in [6.07, 6.45) is 0.637. The molecule has 0 aliphatic carbocycles. The van der Waals surface area contributed by atoms with Crippen molar-refractivity contribution in [2.24, 2.45) is 0 Å². The molecular weight excluding hydrogens is 346 g/mol. The summed E-state index contributed by atoms with van der Waals surface area (Å²) in [6.45, 7) is 1.65. The average Bonchev–Trinajstić information content (AvgIpc) is 3.08. The third kappa shape index (κ3) is 7.19. The van der Waals surface area contributed by atoms with Gasteiger partial charge in [-0.05, 0) is 42.1 Å². The highest BCUT2D eigenvalue weighted by molar-refractivity contribution is 7.09. The van der Waals surface area contributed by atoms with Crippen LogP contribution in [0.1, 0.15) is 17.4 Å². The summed E-state index contributed by atoms with van der Waals surface area (Å²) in [7, 11) is 0. The number of alkyl halides is 2. The third-order valence-corrected chi connectivity index (χ3v) is 4.52. The van der Waals surface area contributed by atoms with Crippen LogP contribution in [0.5, 0.6) is 5.75 Å². The zero-order chi connectivity index (χ0) is 18.1. The Labute approximate surface area is 150 Å². The second-order valence-corrected chi connectivity index (χ2v) is 6.54. The minimum Gasteiger partial charge on any atom is -0.435 e. The van der Waals surface area contributed by atoms with Crippen LogP contribution in [0.15, 0.2) is 41.8 Å². The minimum absolute atomic E-state index is 0.0175. The van der Waals surface area contributed by atoms with Crippen molar-refractivity contribution in [2.75, 3.05) is 19.6 Å². The normalized spacial score (nSPS) is 11.1. The van der Waals surface area contributed by atoms with Crippen molar-refractivity contribution < 1.29 is 18.3 Å². The van der Waals surface area contributed by atoms with Gasteiger partial charge < -0.3 is 10.1 Å². The van der Waals surface area contributed by atoms with Crippen LogP contribution in [-0.4, -0.2) is 37.1 Å². The number of carbonyl (C=O) groups is 1. The van der Waals surface area contributed by atoms with E-state index in [0.717, 1.165) is 18.7 Å². The first-order valence-corrected chi connectivity index (χ1v) is 9.00. The highest BCUT2D eigenvalue weighted by Crippen LogP contribution is 2.15. The zero-order valence-corrected chi connectivity index (χ0v) is 14.9. The topological polar surface area (TPSA) is 41.6 Å². The lowest BCUT2D eigenvalue weighted by molar-refractivity contribution is -0.122. The molecule has 0 radical (unpaired) electrons. The van der Waals surface area contributed by atoms with Crippen LogP contribution in [0.25, 0.3) is 0 Å². The van der Waals surface area contributed by atoms with E-state index in [-0.39, 0.29) is 11.7 Å². The second-order valence-electron chi connectivity index (χ2n) is 5.51. The van der Waals surface area contributed by atoms with Gasteiger partial charge in [0, 0.05) is 18.0 Å². The molecular formula is C18H22F2N2O2S. The van der Waals surface area contributed by atoms with Crippen molar-refractivity contribution in [3.8, 4) is 5.75 Å². The van der Waals surface area contributed by atoms with E-state index in [1.807, 2.05) is 18.4 Å². The van der Waals surface area contributed by atoms with Gasteiger partial charge in [0.15, 0.2) is 0 Å². The van der Waals surface area contributed by atoms with Gasteiger partial charge in [-0.15, -0.1) is 11.3 Å². The quantitative estimate of drug-likeness (QED) is 0.698. The van der Waals surface area contributed by atoms with Crippen LogP contribution in [0, 0.1) is 0 Å². The standard InChI is InChI=1S/C18H22F2N2O2S/c1-2-22(12-16-4-3-11-25-16)13-17(23)21-10-9-14-5-7-15(8-6-14)24-18(19)20/h3-8,11,18H,2,9-10,12-13H2,1H3,(H,21,23). The lowest BCUT2D eigenvalue weighted by Crippen LogP contribution is -2.37. The van der Waals surface area contributed by atoms with E-state index in [1.54, 1.807) is 23.5 Å². The van der Waals surface area contributed by atoms with E-state index in [1.165, 1.54) is 17.0 Å². The highest BCUT2D eigenvalue weighted by Gasteiger charge is 2.10. The smallest absolute Gasteiger partial charge is 0.387 e. The maximum atomic E-state index is 12.1. The van der Waals surface area contributed by atoms with Crippen LogP contribution in [0.4, 0.5) is 8.78 Å². The van der Waals surface area contributed by atoms with Crippen LogP contribution >= 0.6 is 11.3 Å². The van der Waals surface area contributed by atoms with Crippen molar-refractivity contribution in [1.29, 1.82) is 0 Å². The van der Waals surface area contributed by atoms with Crippen LogP contribution < -0.4 is 10.1 Å². The van der Waals surface area contributed by atoms with Gasteiger partial charge in [-0.3, -0.25) is 9.69 Å². The maximum Gasteiger partial charge on any atom is 0.387 e. The van der Waals surface area contributed by atoms with Crippen molar-refractivity contribution in [1.82, 2.24) is 10.2 Å². The molecule has 1 aromatic heterocycles. The number of hydrogen-bond acceptors (Lipinski definition) is 4. The predicted octanol–water partition coefficient (Wildman–Crippen LogP) is 3.53. The molecule has 0 saturated carbocycles. The first-order chi connectivity index (χ1) is 12.1. The number of rotatable bonds is 10. The molecule has 0 fully saturated rings. The van der Waals surface area contributed by atoms with E-state index >= 15 is 0 Å². The zero-order valence-electron chi connectivity index (χ0n) is 14.1. The molecule has 0 aliphatic rings. The molecule has 1 N–H and O–H groups in total. The first-order valence-electron chi connectivity index (χ1n) is 8.12. The van der Waals surface area contributed by atoms with Gasteiger partial charge in [0.25, 0.3) is 0 Å². The summed E-state index contributed by atoms with van der Waals surface area (Å²) < 4.78 is 28.5. The van der Waals surface area contributed by atoms with Crippen molar-refractivity contribution in [3.05, 3.63) is 52.2 Å². The Morgan fingerprint density at radius 1 is 1.28 bits per heavy atom. The molecule has 0 bridgehead atoms. The third-order valence-electron chi connectivity index (χ3n) is 3.66. The van der Waals surface area contributed by atoms with E-state index in [0.29, 0.717) is 19.5 Å². The van der Waals surface area contributed by atoms with Gasteiger partial charge >= 0.3 is 6.61 Å². The number of nitrogens with zero attached hydrogens (tertiary/aromatic N) is 1. The summed E-state index contributed by atoms with van der Waals surface area (Å²) in [6, 6.07) is 10.5. The number of amides is 1. The summed E-state index contributed by atoms with van der Waals surface area (Å²) >= 11 is 1.68. The maximum absolute atomic E-state index is 12.1. The average molecular weight is 368 g/mol. The summed E-state index contributed by atoms with van der Waals surface area (Å²) in [5.74, 6) is 0.117. The first kappa shape index (κ1) is 19.3. The molecule has 2 aromatic rings. The Hall–Kier alpha value is -1.99. The molecule has 1 aromatic carbocycles. The lowest BCUT2D eigenvalue weighted by Gasteiger charge is -2.19. The molecule has 0 unspecified atom stereocenters. The molecule has 1 heterocycles. The van der Waals surface area contributed by atoms with E-state index in [4.69, 9.17) is 0 Å². The Morgan fingerprint density at radius 2 is 2.04 bits per heavy atom. The number of halogens is 2. The van der Waals surface area contributed by atoms with Gasteiger partial charge in [-0.1, -0.05) is 25.1 Å². The highest BCUT2D eigenvalue weighted by atomic mass is 32.1. The Morgan fingerprint density at radius 3 is 2.64 bits per heavy atom. The van der Waals surface area contributed by atoms with E-state index in [2.05, 4.69) is 21.0 Å². The van der Waals surface area contributed by atoms with E-state index < -0.39 is 6.61 Å². The largest absolute Gasteiger partial charge is 0.435 e. The molecule has 4 nitrogen and oxygen atoms in total. The summed E-state index contributed by atoms with van der Waals surface area (Å²) in [5.41, 5.74) is 0.952. The fourth-order valence-electron chi connectivity index (χ4n) is 2.35. The molecule has 0 aliphatic heterocycles. The number of ether oxygens (including phenoxy) is 1. The molecule has 0 saturated heterocycles. The molecule has 2 rings (SSSR count). The van der Waals surface area contributed by atoms with Crippen LogP contribution in [0.2, 0.25) is 0 Å². The Kier molecular flexibility index (Phi) is 7.81. The molecule has 25 heavy (non-hydrogen) atoms. The number of hydrogen-bond donors (Lipinski definition) is 1. The molecule has 0 spiro atoms. The molecule has 7 heteroatoms. The Balaban J connectivity index is 1.70. The van der Waals surface area contributed by atoms with Crippen LogP contribution in [-0.2, 0) is 17.8 Å². The van der Waals surface area contributed by atoms with Gasteiger partial charge in [0.1, 0.15) is 5.75 Å². The molecule has 0 atom stereocenters. The Bertz CT molecular complexity index is 633. The van der Waals surface area contributed by atoms with Crippen molar-refractivity contribution in [2.45, 2.75) is 26.5 Å². The van der Waals surface area contributed by atoms with Crippen LogP contribution in [0.3, 0.4) is 0 Å². The second kappa shape index (κ2) is 10.1.